The number of nitrogens with two attached hydrogens (primary N) is 1. The van der Waals surface area contributed by atoms with E-state index in [9.17, 15) is 0 Å². The summed E-state index contributed by atoms with van der Waals surface area (Å²) in [6, 6.07) is 1.87. The van der Waals surface area contributed by atoms with Crippen molar-refractivity contribution in [3.05, 3.63) is 6.07 Å². The van der Waals surface area contributed by atoms with Crippen LogP contribution in [0, 0.1) is 11.8 Å². The van der Waals surface area contributed by atoms with Gasteiger partial charge < -0.3 is 10.6 Å². The fourth-order valence-corrected chi connectivity index (χ4v) is 2.38. The summed E-state index contributed by atoms with van der Waals surface area (Å²) in [5.74, 6) is 2.96. The average molecular weight is 238 g/mol. The molecule has 5 heteroatoms. The lowest BCUT2D eigenvalue weighted by Gasteiger charge is -2.17. The standard InChI is InChI=1S/C11H18N4S/c1-7-5-15(6-8(7)2)10-4-9(12)13-11(14-10)16-3/h4,7-8H,5-6H2,1-3H3,(H2,12,13,14). The average Bonchev–Trinajstić information content (AvgIpc) is 2.58. The van der Waals surface area contributed by atoms with Crippen LogP contribution in [0.5, 0.6) is 0 Å². The molecule has 2 N–H and O–H groups in total. The molecule has 0 radical (unpaired) electrons. The van der Waals surface area contributed by atoms with Gasteiger partial charge in [-0.05, 0) is 18.1 Å². The van der Waals surface area contributed by atoms with Gasteiger partial charge in [0.05, 0.1) is 0 Å². The van der Waals surface area contributed by atoms with Crippen LogP contribution in [0.4, 0.5) is 11.6 Å². The smallest absolute Gasteiger partial charge is 0.191 e. The van der Waals surface area contributed by atoms with Gasteiger partial charge in [0.15, 0.2) is 5.16 Å². The van der Waals surface area contributed by atoms with Crippen LogP contribution >= 0.6 is 11.8 Å². The van der Waals surface area contributed by atoms with Crippen LogP contribution < -0.4 is 10.6 Å². The fraction of sp³-hybridized carbons (Fsp3) is 0.636. The van der Waals surface area contributed by atoms with Crippen LogP contribution in [0.15, 0.2) is 11.2 Å². The van der Waals surface area contributed by atoms with Crippen LogP contribution in [0.3, 0.4) is 0 Å². The molecule has 4 nitrogen and oxygen atoms in total. The lowest BCUT2D eigenvalue weighted by Crippen LogP contribution is -2.21. The first kappa shape index (κ1) is 11.5. The SMILES string of the molecule is CSc1nc(N)cc(N2CC(C)C(C)C2)n1. The van der Waals surface area contributed by atoms with Crippen LogP contribution in [0.25, 0.3) is 0 Å². The number of hydrogen-bond acceptors (Lipinski definition) is 5. The lowest BCUT2D eigenvalue weighted by molar-refractivity contribution is 0.494. The molecule has 1 fully saturated rings. The van der Waals surface area contributed by atoms with Crippen molar-refractivity contribution < 1.29 is 0 Å². The van der Waals surface area contributed by atoms with Crippen LogP contribution in [-0.2, 0) is 0 Å². The number of thioether (sulfide) groups is 1. The summed E-state index contributed by atoms with van der Waals surface area (Å²) in [6.07, 6.45) is 1.97. The number of hydrogen-bond donors (Lipinski definition) is 1. The third-order valence-electron chi connectivity index (χ3n) is 3.21. The first-order chi connectivity index (χ1) is 7.60. The molecule has 2 atom stereocenters. The zero-order valence-corrected chi connectivity index (χ0v) is 10.8. The quantitative estimate of drug-likeness (QED) is 0.629. The molecule has 0 spiro atoms. The van der Waals surface area contributed by atoms with E-state index in [-0.39, 0.29) is 0 Å². The second-order valence-corrected chi connectivity index (χ2v) is 5.27. The highest BCUT2D eigenvalue weighted by Gasteiger charge is 2.27. The first-order valence-corrected chi connectivity index (χ1v) is 6.76. The molecular weight excluding hydrogens is 220 g/mol. The summed E-state index contributed by atoms with van der Waals surface area (Å²) >= 11 is 1.53. The normalized spacial score (nSPS) is 25.1. The van der Waals surface area contributed by atoms with Crippen molar-refractivity contribution >= 4 is 23.4 Å². The second kappa shape index (κ2) is 4.49. The van der Waals surface area contributed by atoms with E-state index in [2.05, 4.69) is 28.7 Å². The van der Waals surface area contributed by atoms with Crippen molar-refractivity contribution in [2.75, 3.05) is 30.0 Å². The van der Waals surface area contributed by atoms with E-state index in [0.29, 0.717) is 17.7 Å². The zero-order chi connectivity index (χ0) is 11.7. The van der Waals surface area contributed by atoms with E-state index in [1.165, 1.54) is 11.8 Å². The molecule has 1 aromatic heterocycles. The van der Waals surface area contributed by atoms with E-state index >= 15 is 0 Å². The summed E-state index contributed by atoms with van der Waals surface area (Å²) in [4.78, 5) is 11.0. The Bertz CT molecular complexity index is 372. The summed E-state index contributed by atoms with van der Waals surface area (Å²) in [7, 11) is 0. The molecule has 2 unspecified atom stereocenters. The molecule has 1 aromatic rings. The van der Waals surface area contributed by atoms with E-state index in [0.717, 1.165) is 24.1 Å². The Hall–Kier alpha value is -0.970. The Balaban J connectivity index is 2.24. The van der Waals surface area contributed by atoms with Gasteiger partial charge in [-0.3, -0.25) is 0 Å². The molecule has 0 amide bonds. The highest BCUT2D eigenvalue weighted by molar-refractivity contribution is 7.98. The highest BCUT2D eigenvalue weighted by atomic mass is 32.2. The Morgan fingerprint density at radius 1 is 1.31 bits per heavy atom. The number of rotatable bonds is 2. The number of anilines is 2. The van der Waals surface area contributed by atoms with E-state index in [1.807, 2.05) is 12.3 Å². The Labute approximate surface area is 101 Å². The maximum Gasteiger partial charge on any atom is 0.191 e. The maximum atomic E-state index is 5.78. The van der Waals surface area contributed by atoms with Crippen molar-refractivity contribution in [2.45, 2.75) is 19.0 Å². The maximum absolute atomic E-state index is 5.78. The largest absolute Gasteiger partial charge is 0.383 e. The molecule has 0 bridgehead atoms. The number of aromatic nitrogens is 2. The van der Waals surface area contributed by atoms with Gasteiger partial charge in [-0.1, -0.05) is 25.6 Å². The first-order valence-electron chi connectivity index (χ1n) is 5.53. The summed E-state index contributed by atoms with van der Waals surface area (Å²) in [5.41, 5.74) is 5.78. The molecule has 2 heterocycles. The second-order valence-electron chi connectivity index (χ2n) is 4.50. The molecule has 1 saturated heterocycles. The Kier molecular flexibility index (Phi) is 3.23. The molecule has 1 aliphatic heterocycles. The minimum absolute atomic E-state index is 0.557. The predicted octanol–water partition coefficient (Wildman–Crippen LogP) is 1.87. The van der Waals surface area contributed by atoms with Crippen molar-refractivity contribution in [2.24, 2.45) is 11.8 Å². The topological polar surface area (TPSA) is 55.0 Å². The zero-order valence-electron chi connectivity index (χ0n) is 9.97. The minimum Gasteiger partial charge on any atom is -0.383 e. The molecule has 0 aliphatic carbocycles. The minimum atomic E-state index is 0.557. The summed E-state index contributed by atoms with van der Waals surface area (Å²) < 4.78 is 0. The number of nitrogen functional groups attached to an aromatic ring is 1. The lowest BCUT2D eigenvalue weighted by atomic mass is 10.0. The fourth-order valence-electron chi connectivity index (χ4n) is 2.00. The summed E-state index contributed by atoms with van der Waals surface area (Å²) in [5, 5.41) is 0.752. The molecule has 16 heavy (non-hydrogen) atoms. The monoisotopic (exact) mass is 238 g/mol. The third-order valence-corrected chi connectivity index (χ3v) is 3.75. The number of nitrogens with zero attached hydrogens (tertiary/aromatic N) is 3. The Morgan fingerprint density at radius 2 is 1.94 bits per heavy atom. The van der Waals surface area contributed by atoms with Gasteiger partial charge in [0, 0.05) is 19.2 Å². The third kappa shape index (κ3) is 2.24. The Morgan fingerprint density at radius 3 is 2.50 bits per heavy atom. The van der Waals surface area contributed by atoms with E-state index in [4.69, 9.17) is 5.73 Å². The predicted molar refractivity (Wildman–Crippen MR) is 68.8 cm³/mol. The molecule has 2 rings (SSSR count). The van der Waals surface area contributed by atoms with E-state index in [1.54, 1.807) is 0 Å². The van der Waals surface area contributed by atoms with Gasteiger partial charge >= 0.3 is 0 Å². The van der Waals surface area contributed by atoms with Crippen molar-refractivity contribution in [3.8, 4) is 0 Å². The van der Waals surface area contributed by atoms with E-state index < -0.39 is 0 Å². The van der Waals surface area contributed by atoms with Crippen LogP contribution in [0.1, 0.15) is 13.8 Å². The van der Waals surface area contributed by atoms with Gasteiger partial charge in [-0.25, -0.2) is 9.97 Å². The van der Waals surface area contributed by atoms with Crippen molar-refractivity contribution in [1.29, 1.82) is 0 Å². The van der Waals surface area contributed by atoms with Crippen LogP contribution in [0.2, 0.25) is 0 Å². The van der Waals surface area contributed by atoms with Gasteiger partial charge in [0.1, 0.15) is 11.6 Å². The molecule has 0 aromatic carbocycles. The van der Waals surface area contributed by atoms with Crippen LogP contribution in [-0.4, -0.2) is 29.3 Å². The van der Waals surface area contributed by atoms with Crippen molar-refractivity contribution in [1.82, 2.24) is 9.97 Å². The van der Waals surface area contributed by atoms with Gasteiger partial charge in [0.2, 0.25) is 0 Å². The van der Waals surface area contributed by atoms with Gasteiger partial charge in [0.25, 0.3) is 0 Å². The molecule has 0 saturated carbocycles. The van der Waals surface area contributed by atoms with Crippen molar-refractivity contribution in [3.63, 3.8) is 0 Å². The molecular formula is C11H18N4S. The summed E-state index contributed by atoms with van der Waals surface area (Å²) in [6.45, 7) is 6.69. The highest BCUT2D eigenvalue weighted by Crippen LogP contribution is 2.28. The van der Waals surface area contributed by atoms with Gasteiger partial charge in [-0.2, -0.15) is 0 Å². The molecule has 1 aliphatic rings. The van der Waals surface area contributed by atoms with Gasteiger partial charge in [-0.15, -0.1) is 0 Å². The molecule has 88 valence electrons.